The first-order chi connectivity index (χ1) is 9.15. The summed E-state index contributed by atoms with van der Waals surface area (Å²) in [6.45, 7) is 2.93. The lowest BCUT2D eigenvalue weighted by Gasteiger charge is -2.05. The van der Waals surface area contributed by atoms with E-state index in [0.717, 1.165) is 12.8 Å². The zero-order valence-corrected chi connectivity index (χ0v) is 12.8. The Labute approximate surface area is 125 Å². The molecule has 0 aliphatic heterocycles. The van der Waals surface area contributed by atoms with Gasteiger partial charge in [-0.3, -0.25) is 4.79 Å². The molecule has 1 rings (SSSR count). The van der Waals surface area contributed by atoms with Crippen LogP contribution >= 0.6 is 23.2 Å². The summed E-state index contributed by atoms with van der Waals surface area (Å²) in [6, 6.07) is 4.87. The van der Waals surface area contributed by atoms with Gasteiger partial charge in [-0.1, -0.05) is 55.8 Å². The summed E-state index contributed by atoms with van der Waals surface area (Å²) in [5.41, 5.74) is 0.542. The van der Waals surface area contributed by atoms with Gasteiger partial charge in [0, 0.05) is 12.2 Å². The monoisotopic (exact) mass is 302 g/mol. The number of hydrogen-bond donors (Lipinski definition) is 0. The van der Waals surface area contributed by atoms with Crippen LogP contribution in [0.5, 0.6) is 0 Å². The molecule has 0 radical (unpaired) electrons. The Bertz CT molecular complexity index is 405. The number of benzene rings is 1. The van der Waals surface area contributed by atoms with E-state index in [1.165, 1.54) is 19.3 Å². The van der Waals surface area contributed by atoms with Gasteiger partial charge < -0.3 is 4.74 Å². The third-order valence-corrected chi connectivity index (χ3v) is 3.61. The molecule has 0 spiro atoms. The molecule has 0 N–H and O–H groups in total. The summed E-state index contributed by atoms with van der Waals surface area (Å²) in [5.74, 6) is -0.0628. The fourth-order valence-electron chi connectivity index (χ4n) is 1.73. The Morgan fingerprint density at radius 2 is 1.84 bits per heavy atom. The quantitative estimate of drug-likeness (QED) is 0.465. The van der Waals surface area contributed by atoms with E-state index in [9.17, 15) is 4.79 Å². The van der Waals surface area contributed by atoms with E-state index in [1.807, 2.05) is 0 Å². The molecule has 0 saturated carbocycles. The number of Topliss-reactive ketones (excluding diaryl/α,β-unsaturated/α-hetero) is 1. The Kier molecular flexibility index (Phi) is 8.11. The lowest BCUT2D eigenvalue weighted by atomic mass is 10.1. The highest BCUT2D eigenvalue weighted by atomic mass is 35.5. The SMILES string of the molecule is CCCCCCCOCC(=O)c1ccc(Cl)c(Cl)c1. The van der Waals surface area contributed by atoms with E-state index in [-0.39, 0.29) is 12.4 Å². The summed E-state index contributed by atoms with van der Waals surface area (Å²) in [5, 5.41) is 0.849. The Hall–Kier alpha value is -0.570. The van der Waals surface area contributed by atoms with Crippen LogP contribution in [-0.4, -0.2) is 19.0 Å². The minimum Gasteiger partial charge on any atom is -0.373 e. The average molecular weight is 303 g/mol. The van der Waals surface area contributed by atoms with E-state index < -0.39 is 0 Å². The minimum absolute atomic E-state index is 0.0628. The highest BCUT2D eigenvalue weighted by Gasteiger charge is 2.08. The normalized spacial score (nSPS) is 10.7. The molecule has 0 heterocycles. The minimum atomic E-state index is -0.0628. The van der Waals surface area contributed by atoms with Crippen molar-refractivity contribution < 1.29 is 9.53 Å². The number of carbonyl (C=O) groups is 1. The molecule has 0 unspecified atom stereocenters. The van der Waals surface area contributed by atoms with Crippen LogP contribution in [0.1, 0.15) is 49.4 Å². The fourth-order valence-corrected chi connectivity index (χ4v) is 2.02. The highest BCUT2D eigenvalue weighted by molar-refractivity contribution is 6.42. The summed E-state index contributed by atoms with van der Waals surface area (Å²) < 4.78 is 5.37. The molecule has 0 aromatic heterocycles. The molecule has 1 aromatic rings. The number of ketones is 1. The second-order valence-corrected chi connectivity index (χ2v) is 5.33. The summed E-state index contributed by atoms with van der Waals surface area (Å²) in [7, 11) is 0. The predicted octanol–water partition coefficient (Wildman–Crippen LogP) is 5.16. The first kappa shape index (κ1) is 16.5. The fraction of sp³-hybridized carbons (Fsp3) is 0.533. The second-order valence-electron chi connectivity index (χ2n) is 4.52. The highest BCUT2D eigenvalue weighted by Crippen LogP contribution is 2.22. The third kappa shape index (κ3) is 6.42. The lowest BCUT2D eigenvalue weighted by molar-refractivity contribution is 0.0752. The standard InChI is InChI=1S/C15H20Cl2O2/c1-2-3-4-5-6-9-19-11-15(18)12-7-8-13(16)14(17)10-12/h7-8,10H,2-6,9,11H2,1H3. The summed E-state index contributed by atoms with van der Waals surface area (Å²) in [6.07, 6.45) is 5.91. The number of carbonyl (C=O) groups excluding carboxylic acids is 1. The maximum absolute atomic E-state index is 11.8. The number of hydrogen-bond acceptors (Lipinski definition) is 2. The molecular weight excluding hydrogens is 283 g/mol. The van der Waals surface area contributed by atoms with Crippen LogP contribution in [0.25, 0.3) is 0 Å². The number of ether oxygens (including phenoxy) is 1. The Morgan fingerprint density at radius 3 is 2.53 bits per heavy atom. The van der Waals surface area contributed by atoms with E-state index in [1.54, 1.807) is 18.2 Å². The van der Waals surface area contributed by atoms with Gasteiger partial charge in [0.25, 0.3) is 0 Å². The molecule has 106 valence electrons. The zero-order chi connectivity index (χ0) is 14.1. The van der Waals surface area contributed by atoms with Crippen LogP contribution in [0.15, 0.2) is 18.2 Å². The van der Waals surface area contributed by atoms with Crippen molar-refractivity contribution in [1.29, 1.82) is 0 Å². The molecule has 0 aliphatic rings. The van der Waals surface area contributed by atoms with Gasteiger partial charge in [-0.05, 0) is 24.6 Å². The second kappa shape index (κ2) is 9.35. The Balaban J connectivity index is 2.22. The molecular formula is C15H20Cl2O2. The summed E-state index contributed by atoms with van der Waals surface area (Å²) >= 11 is 11.7. The van der Waals surface area contributed by atoms with Gasteiger partial charge in [0.2, 0.25) is 0 Å². The molecule has 0 fully saturated rings. The van der Waals surface area contributed by atoms with Gasteiger partial charge in [-0.15, -0.1) is 0 Å². The van der Waals surface area contributed by atoms with Gasteiger partial charge in [-0.2, -0.15) is 0 Å². The van der Waals surface area contributed by atoms with Crippen LogP contribution in [0.3, 0.4) is 0 Å². The topological polar surface area (TPSA) is 26.3 Å². The molecule has 0 aliphatic carbocycles. The molecule has 4 heteroatoms. The van der Waals surface area contributed by atoms with Crippen molar-refractivity contribution in [3.05, 3.63) is 33.8 Å². The number of rotatable bonds is 9. The zero-order valence-electron chi connectivity index (χ0n) is 11.3. The molecule has 2 nitrogen and oxygen atoms in total. The van der Waals surface area contributed by atoms with Gasteiger partial charge in [-0.25, -0.2) is 0 Å². The molecule has 0 saturated heterocycles. The van der Waals surface area contributed by atoms with Gasteiger partial charge >= 0.3 is 0 Å². The maximum Gasteiger partial charge on any atom is 0.188 e. The molecule has 0 bridgehead atoms. The van der Waals surface area contributed by atoms with E-state index in [0.29, 0.717) is 22.2 Å². The van der Waals surface area contributed by atoms with Crippen molar-refractivity contribution in [2.45, 2.75) is 39.0 Å². The van der Waals surface area contributed by atoms with Crippen LogP contribution in [0.2, 0.25) is 10.0 Å². The molecule has 1 aromatic carbocycles. The van der Waals surface area contributed by atoms with Gasteiger partial charge in [0.05, 0.1) is 10.0 Å². The largest absolute Gasteiger partial charge is 0.373 e. The summed E-state index contributed by atoms with van der Waals surface area (Å²) in [4.78, 5) is 11.8. The van der Waals surface area contributed by atoms with Crippen molar-refractivity contribution in [2.24, 2.45) is 0 Å². The van der Waals surface area contributed by atoms with Crippen LogP contribution < -0.4 is 0 Å². The molecule has 0 atom stereocenters. The van der Waals surface area contributed by atoms with Crippen molar-refractivity contribution in [1.82, 2.24) is 0 Å². The van der Waals surface area contributed by atoms with Crippen molar-refractivity contribution in [2.75, 3.05) is 13.2 Å². The average Bonchev–Trinajstić information content (AvgIpc) is 2.40. The van der Waals surface area contributed by atoms with E-state index >= 15 is 0 Å². The van der Waals surface area contributed by atoms with Gasteiger partial charge in [0.15, 0.2) is 5.78 Å². The van der Waals surface area contributed by atoms with Crippen molar-refractivity contribution in [3.8, 4) is 0 Å². The first-order valence-corrected chi connectivity index (χ1v) is 7.46. The number of halogens is 2. The first-order valence-electron chi connectivity index (χ1n) is 6.71. The molecule has 19 heavy (non-hydrogen) atoms. The van der Waals surface area contributed by atoms with E-state index in [2.05, 4.69) is 6.92 Å². The van der Waals surface area contributed by atoms with E-state index in [4.69, 9.17) is 27.9 Å². The predicted molar refractivity (Wildman–Crippen MR) is 80.4 cm³/mol. The number of unbranched alkanes of at least 4 members (excludes halogenated alkanes) is 4. The van der Waals surface area contributed by atoms with Gasteiger partial charge in [0.1, 0.15) is 6.61 Å². The maximum atomic E-state index is 11.8. The molecule has 0 amide bonds. The smallest absolute Gasteiger partial charge is 0.188 e. The third-order valence-electron chi connectivity index (χ3n) is 2.87. The van der Waals surface area contributed by atoms with Crippen LogP contribution in [0.4, 0.5) is 0 Å². The van der Waals surface area contributed by atoms with Crippen LogP contribution in [0, 0.1) is 0 Å². The Morgan fingerprint density at radius 1 is 1.11 bits per heavy atom. The van der Waals surface area contributed by atoms with Crippen molar-refractivity contribution in [3.63, 3.8) is 0 Å². The van der Waals surface area contributed by atoms with Crippen LogP contribution in [-0.2, 0) is 4.74 Å². The lowest BCUT2D eigenvalue weighted by Crippen LogP contribution is -2.09. The van der Waals surface area contributed by atoms with Crippen molar-refractivity contribution >= 4 is 29.0 Å².